The van der Waals surface area contributed by atoms with Gasteiger partial charge in [0.05, 0.1) is 0 Å². The number of amides is 2. The highest BCUT2D eigenvalue weighted by molar-refractivity contribution is 5.90. The van der Waals surface area contributed by atoms with Crippen molar-refractivity contribution in [3.63, 3.8) is 0 Å². The van der Waals surface area contributed by atoms with Gasteiger partial charge in [0.15, 0.2) is 6.04 Å². The minimum atomic E-state index is -1.67. The van der Waals surface area contributed by atoms with Crippen molar-refractivity contribution in [2.45, 2.75) is 44.7 Å². The molecule has 0 fully saturated rings. The molecule has 3 N–H and O–H groups in total. The van der Waals surface area contributed by atoms with Gasteiger partial charge >= 0.3 is 5.97 Å². The van der Waals surface area contributed by atoms with Gasteiger partial charge in [-0.25, -0.2) is 4.79 Å². The SMILES string of the molecule is CC(=O)N[C@H](C(=O)O)C(C=O)n1c(CCc2ccccc2)ccc(NC(=O)CCc2ccccc2)c1=O. The predicted octanol–water partition coefficient (Wildman–Crippen LogP) is 2.53. The molecule has 2 amide bonds. The summed E-state index contributed by atoms with van der Waals surface area (Å²) in [6.07, 6.45) is 1.75. The number of aryl methyl sites for hydroxylation is 3. The van der Waals surface area contributed by atoms with E-state index in [9.17, 15) is 29.1 Å². The second kappa shape index (κ2) is 13.0. The number of carbonyl (C=O) groups excluding carboxylic acids is 3. The molecule has 0 bridgehead atoms. The number of nitrogens with zero attached hydrogens (tertiary/aromatic N) is 1. The summed E-state index contributed by atoms with van der Waals surface area (Å²) in [5.41, 5.74) is 1.53. The Morgan fingerprint density at radius 1 is 0.892 bits per heavy atom. The Balaban J connectivity index is 1.94. The minimum absolute atomic E-state index is 0.0830. The van der Waals surface area contributed by atoms with Gasteiger partial charge < -0.3 is 20.5 Å². The summed E-state index contributed by atoms with van der Waals surface area (Å²) in [4.78, 5) is 61.8. The number of nitrogens with one attached hydrogen (secondary N) is 2. The lowest BCUT2D eigenvalue weighted by Gasteiger charge is -2.25. The summed E-state index contributed by atoms with van der Waals surface area (Å²) in [5.74, 6) is -2.53. The van der Waals surface area contributed by atoms with Gasteiger partial charge in [-0.1, -0.05) is 60.7 Å². The van der Waals surface area contributed by atoms with Gasteiger partial charge in [0.2, 0.25) is 11.8 Å². The van der Waals surface area contributed by atoms with Crippen molar-refractivity contribution in [2.75, 3.05) is 5.32 Å². The summed E-state index contributed by atoms with van der Waals surface area (Å²) in [6, 6.07) is 18.7. The fraction of sp³-hybridized carbons (Fsp3) is 0.250. The third kappa shape index (κ3) is 7.47. The average molecular weight is 504 g/mol. The van der Waals surface area contributed by atoms with E-state index >= 15 is 0 Å². The van der Waals surface area contributed by atoms with Crippen LogP contribution in [-0.4, -0.2) is 39.8 Å². The highest BCUT2D eigenvalue weighted by atomic mass is 16.4. The molecule has 1 heterocycles. The number of hydrogen-bond acceptors (Lipinski definition) is 5. The molecule has 0 saturated heterocycles. The molecule has 3 aromatic rings. The second-order valence-corrected chi connectivity index (χ2v) is 8.58. The van der Waals surface area contributed by atoms with Crippen LogP contribution in [0, 0.1) is 0 Å². The van der Waals surface area contributed by atoms with E-state index < -0.39 is 35.4 Å². The molecular formula is C28H29N3O6. The summed E-state index contributed by atoms with van der Waals surface area (Å²) in [6.45, 7) is 1.13. The van der Waals surface area contributed by atoms with Crippen LogP contribution >= 0.6 is 0 Å². The molecule has 2 aromatic carbocycles. The highest BCUT2D eigenvalue weighted by Crippen LogP contribution is 2.17. The number of hydrogen-bond donors (Lipinski definition) is 3. The molecule has 0 saturated carbocycles. The topological polar surface area (TPSA) is 135 Å². The summed E-state index contributed by atoms with van der Waals surface area (Å²) in [7, 11) is 0. The lowest BCUT2D eigenvalue weighted by atomic mass is 10.0. The Kier molecular flexibility index (Phi) is 9.48. The van der Waals surface area contributed by atoms with Crippen LogP contribution in [0.25, 0.3) is 0 Å². The van der Waals surface area contributed by atoms with Crippen molar-refractivity contribution in [3.05, 3.63) is 100.0 Å². The monoisotopic (exact) mass is 503 g/mol. The Morgan fingerprint density at radius 2 is 1.49 bits per heavy atom. The Bertz CT molecular complexity index is 1300. The van der Waals surface area contributed by atoms with E-state index in [2.05, 4.69) is 10.6 Å². The average Bonchev–Trinajstić information content (AvgIpc) is 2.89. The quantitative estimate of drug-likeness (QED) is 0.325. The van der Waals surface area contributed by atoms with Gasteiger partial charge in [-0.05, 0) is 42.5 Å². The van der Waals surface area contributed by atoms with Gasteiger partial charge in [-0.3, -0.25) is 19.0 Å². The number of anilines is 1. The van der Waals surface area contributed by atoms with Crippen LogP contribution in [0.5, 0.6) is 0 Å². The summed E-state index contributed by atoms with van der Waals surface area (Å²) < 4.78 is 1.05. The van der Waals surface area contributed by atoms with Crippen molar-refractivity contribution in [1.29, 1.82) is 0 Å². The zero-order valence-corrected chi connectivity index (χ0v) is 20.4. The van der Waals surface area contributed by atoms with E-state index in [1.165, 1.54) is 6.07 Å². The van der Waals surface area contributed by atoms with Gasteiger partial charge in [0, 0.05) is 19.0 Å². The molecular weight excluding hydrogens is 474 g/mol. The Hall–Kier alpha value is -4.53. The van der Waals surface area contributed by atoms with Crippen LogP contribution in [0.4, 0.5) is 5.69 Å². The highest BCUT2D eigenvalue weighted by Gasteiger charge is 2.32. The van der Waals surface area contributed by atoms with Crippen molar-refractivity contribution in [1.82, 2.24) is 9.88 Å². The lowest BCUT2D eigenvalue weighted by molar-refractivity contribution is -0.144. The van der Waals surface area contributed by atoms with Crippen molar-refractivity contribution >= 4 is 29.8 Å². The maximum Gasteiger partial charge on any atom is 0.328 e. The Morgan fingerprint density at radius 3 is 2.03 bits per heavy atom. The molecule has 3 rings (SSSR count). The first-order chi connectivity index (χ1) is 17.8. The number of carboxylic acid groups (broad SMARTS) is 1. The third-order valence-electron chi connectivity index (χ3n) is 5.88. The van der Waals surface area contributed by atoms with Crippen molar-refractivity contribution < 1.29 is 24.3 Å². The van der Waals surface area contributed by atoms with Crippen LogP contribution in [-0.2, 0) is 38.4 Å². The summed E-state index contributed by atoms with van der Waals surface area (Å²) in [5, 5.41) is 14.5. The van der Waals surface area contributed by atoms with Crippen LogP contribution in [0.3, 0.4) is 0 Å². The molecule has 0 aliphatic carbocycles. The smallest absolute Gasteiger partial charge is 0.328 e. The van der Waals surface area contributed by atoms with Crippen LogP contribution < -0.4 is 16.2 Å². The number of aliphatic carboxylic acids is 1. The third-order valence-corrected chi connectivity index (χ3v) is 5.88. The molecule has 2 atom stereocenters. The number of benzene rings is 2. The molecule has 1 aromatic heterocycles. The molecule has 9 nitrogen and oxygen atoms in total. The van der Waals surface area contributed by atoms with Crippen LogP contribution in [0.1, 0.15) is 36.2 Å². The van der Waals surface area contributed by atoms with E-state index in [0.29, 0.717) is 31.2 Å². The predicted molar refractivity (Wildman–Crippen MR) is 138 cm³/mol. The normalized spacial score (nSPS) is 12.2. The first-order valence-electron chi connectivity index (χ1n) is 11.9. The van der Waals surface area contributed by atoms with Crippen molar-refractivity contribution in [3.8, 4) is 0 Å². The molecule has 9 heteroatoms. The number of carbonyl (C=O) groups is 4. The largest absolute Gasteiger partial charge is 0.480 e. The summed E-state index contributed by atoms with van der Waals surface area (Å²) >= 11 is 0. The maximum atomic E-state index is 13.5. The number of rotatable bonds is 12. The fourth-order valence-electron chi connectivity index (χ4n) is 4.05. The van der Waals surface area contributed by atoms with Crippen LogP contribution in [0.15, 0.2) is 77.6 Å². The number of aldehydes is 1. The van der Waals surface area contributed by atoms with Crippen LogP contribution in [0.2, 0.25) is 0 Å². The van der Waals surface area contributed by atoms with Gasteiger partial charge in [0.1, 0.15) is 18.0 Å². The minimum Gasteiger partial charge on any atom is -0.480 e. The number of pyridine rings is 1. The molecule has 0 spiro atoms. The van der Waals surface area contributed by atoms with Gasteiger partial charge in [-0.15, -0.1) is 0 Å². The molecule has 37 heavy (non-hydrogen) atoms. The van der Waals surface area contributed by atoms with E-state index in [-0.39, 0.29) is 12.1 Å². The standard InChI is InChI=1S/C28H29N3O6/c1-19(33)29-26(28(36)37)24(18-32)31-22(14-12-20-8-4-2-5-9-20)15-16-23(27(31)35)30-25(34)17-13-21-10-6-3-7-11-21/h2-11,15-16,18,24,26H,12-14,17H2,1H3,(H,29,33)(H,30,34)(H,36,37)/t24?,26-/m0/s1. The number of carboxylic acids is 1. The van der Waals surface area contributed by atoms with E-state index in [1.807, 2.05) is 60.7 Å². The second-order valence-electron chi connectivity index (χ2n) is 8.58. The zero-order valence-electron chi connectivity index (χ0n) is 20.4. The zero-order chi connectivity index (χ0) is 26.8. The van der Waals surface area contributed by atoms with Gasteiger partial charge in [0.25, 0.3) is 5.56 Å². The fourth-order valence-corrected chi connectivity index (χ4v) is 4.05. The lowest BCUT2D eigenvalue weighted by Crippen LogP contribution is -2.49. The Labute approximate surface area is 214 Å². The molecule has 0 radical (unpaired) electrons. The molecule has 0 aliphatic heterocycles. The van der Waals surface area contributed by atoms with E-state index in [1.54, 1.807) is 6.07 Å². The van der Waals surface area contributed by atoms with E-state index in [0.717, 1.165) is 22.6 Å². The maximum absolute atomic E-state index is 13.5. The first kappa shape index (κ1) is 27.1. The van der Waals surface area contributed by atoms with E-state index in [4.69, 9.17) is 0 Å². The van der Waals surface area contributed by atoms with Crippen molar-refractivity contribution in [2.24, 2.45) is 0 Å². The molecule has 0 aliphatic rings. The molecule has 192 valence electrons. The first-order valence-corrected chi connectivity index (χ1v) is 11.9. The van der Waals surface area contributed by atoms with Gasteiger partial charge in [-0.2, -0.15) is 0 Å². The molecule has 1 unspecified atom stereocenters. The number of aromatic nitrogens is 1.